The van der Waals surface area contributed by atoms with E-state index in [0.29, 0.717) is 6.04 Å². The molecule has 5 nitrogen and oxygen atoms in total. The van der Waals surface area contributed by atoms with Gasteiger partial charge < -0.3 is 5.32 Å². The van der Waals surface area contributed by atoms with Crippen molar-refractivity contribution in [2.75, 3.05) is 20.1 Å². The highest BCUT2D eigenvalue weighted by atomic mass is 16.6. The molecule has 5 heteroatoms. The van der Waals surface area contributed by atoms with Crippen LogP contribution in [0.1, 0.15) is 24.9 Å². The number of likely N-dealkylation sites (N-methyl/N-ethyl adjacent to an activating group) is 1. The number of nitro groups is 1. The molecular weight excluding hydrogens is 230 g/mol. The molecule has 1 aliphatic rings. The molecule has 0 radical (unpaired) electrons. The van der Waals surface area contributed by atoms with E-state index >= 15 is 0 Å². The van der Waals surface area contributed by atoms with Crippen molar-refractivity contribution in [2.45, 2.75) is 25.4 Å². The van der Waals surface area contributed by atoms with E-state index in [0.717, 1.165) is 25.1 Å². The van der Waals surface area contributed by atoms with Crippen LogP contribution in [-0.4, -0.2) is 36.0 Å². The smallest absolute Gasteiger partial charge is 0.269 e. The molecule has 0 amide bonds. The molecule has 2 rings (SSSR count). The van der Waals surface area contributed by atoms with Gasteiger partial charge in [0.25, 0.3) is 5.69 Å². The van der Waals surface area contributed by atoms with Crippen LogP contribution in [0.3, 0.4) is 0 Å². The number of non-ortho nitro benzene ring substituents is 1. The van der Waals surface area contributed by atoms with Crippen molar-refractivity contribution < 1.29 is 4.92 Å². The van der Waals surface area contributed by atoms with Crippen molar-refractivity contribution >= 4 is 5.69 Å². The van der Waals surface area contributed by atoms with Crippen molar-refractivity contribution in [3.8, 4) is 0 Å². The highest BCUT2D eigenvalue weighted by molar-refractivity contribution is 5.34. The van der Waals surface area contributed by atoms with Gasteiger partial charge in [0.2, 0.25) is 0 Å². The van der Waals surface area contributed by atoms with Crippen LogP contribution in [0.4, 0.5) is 5.69 Å². The molecule has 0 bridgehead atoms. The van der Waals surface area contributed by atoms with Gasteiger partial charge in [0, 0.05) is 30.8 Å². The highest BCUT2D eigenvalue weighted by Gasteiger charge is 2.23. The van der Waals surface area contributed by atoms with Gasteiger partial charge in [-0.05, 0) is 32.5 Å². The summed E-state index contributed by atoms with van der Waals surface area (Å²) in [5.41, 5.74) is 1.27. The lowest BCUT2D eigenvalue weighted by Crippen LogP contribution is -2.35. The molecule has 1 aromatic rings. The second kappa shape index (κ2) is 5.46. The molecule has 0 spiro atoms. The molecule has 1 fully saturated rings. The zero-order chi connectivity index (χ0) is 13.1. The van der Waals surface area contributed by atoms with Crippen molar-refractivity contribution in [2.24, 2.45) is 0 Å². The Hall–Kier alpha value is -1.46. The first-order valence-electron chi connectivity index (χ1n) is 6.26. The van der Waals surface area contributed by atoms with Crippen LogP contribution in [0.25, 0.3) is 0 Å². The Balaban J connectivity index is 2.07. The zero-order valence-corrected chi connectivity index (χ0v) is 10.8. The molecule has 0 aliphatic carbocycles. The van der Waals surface area contributed by atoms with E-state index in [1.165, 1.54) is 0 Å². The van der Waals surface area contributed by atoms with Gasteiger partial charge in [0.05, 0.1) is 4.92 Å². The summed E-state index contributed by atoms with van der Waals surface area (Å²) in [6, 6.07) is 7.67. The topological polar surface area (TPSA) is 58.4 Å². The highest BCUT2D eigenvalue weighted by Crippen LogP contribution is 2.24. The standard InChI is InChI=1S/C13H19N3O2/c1-10(15(2)13-7-8-14-9-13)11-3-5-12(6-4-11)16(17)18/h3-6,10,13-14H,7-9H2,1-2H3. The van der Waals surface area contributed by atoms with Crippen LogP contribution in [0.2, 0.25) is 0 Å². The molecule has 18 heavy (non-hydrogen) atoms. The van der Waals surface area contributed by atoms with Crippen LogP contribution >= 0.6 is 0 Å². The number of rotatable bonds is 4. The van der Waals surface area contributed by atoms with Crippen LogP contribution < -0.4 is 5.32 Å². The van der Waals surface area contributed by atoms with Gasteiger partial charge in [-0.3, -0.25) is 15.0 Å². The summed E-state index contributed by atoms with van der Waals surface area (Å²) in [5, 5.41) is 14.0. The van der Waals surface area contributed by atoms with Crippen molar-refractivity contribution in [1.82, 2.24) is 10.2 Å². The first-order valence-corrected chi connectivity index (χ1v) is 6.26. The van der Waals surface area contributed by atoms with E-state index in [9.17, 15) is 10.1 Å². The summed E-state index contributed by atoms with van der Waals surface area (Å²) < 4.78 is 0. The Bertz CT molecular complexity index is 413. The minimum absolute atomic E-state index is 0.149. The fourth-order valence-electron chi connectivity index (χ4n) is 2.41. The van der Waals surface area contributed by atoms with Crippen LogP contribution in [0.15, 0.2) is 24.3 Å². The number of nitrogens with one attached hydrogen (secondary N) is 1. The number of nitro benzene ring substituents is 1. The predicted molar refractivity (Wildman–Crippen MR) is 70.5 cm³/mol. The summed E-state index contributed by atoms with van der Waals surface area (Å²) in [4.78, 5) is 12.6. The summed E-state index contributed by atoms with van der Waals surface area (Å²) >= 11 is 0. The maximum absolute atomic E-state index is 10.6. The monoisotopic (exact) mass is 249 g/mol. The Labute approximate surface area is 107 Å². The lowest BCUT2D eigenvalue weighted by molar-refractivity contribution is -0.384. The van der Waals surface area contributed by atoms with Gasteiger partial charge in [0.1, 0.15) is 0 Å². The largest absolute Gasteiger partial charge is 0.315 e. The Morgan fingerprint density at radius 3 is 2.61 bits per heavy atom. The number of hydrogen-bond acceptors (Lipinski definition) is 4. The summed E-state index contributed by atoms with van der Waals surface area (Å²) in [6.45, 7) is 4.23. The van der Waals surface area contributed by atoms with E-state index in [-0.39, 0.29) is 16.7 Å². The molecule has 0 saturated carbocycles. The van der Waals surface area contributed by atoms with Crippen molar-refractivity contribution in [3.63, 3.8) is 0 Å². The number of nitrogens with zero attached hydrogens (tertiary/aromatic N) is 2. The van der Waals surface area contributed by atoms with E-state index in [4.69, 9.17) is 0 Å². The van der Waals surface area contributed by atoms with Crippen molar-refractivity contribution in [3.05, 3.63) is 39.9 Å². The van der Waals surface area contributed by atoms with Gasteiger partial charge in [-0.2, -0.15) is 0 Å². The molecule has 98 valence electrons. The van der Waals surface area contributed by atoms with Crippen LogP contribution in [0, 0.1) is 10.1 Å². The second-order valence-corrected chi connectivity index (χ2v) is 4.84. The lowest BCUT2D eigenvalue weighted by atomic mass is 10.0. The molecular formula is C13H19N3O2. The number of benzene rings is 1. The molecule has 2 atom stereocenters. The third-order valence-electron chi connectivity index (χ3n) is 3.81. The fraction of sp³-hybridized carbons (Fsp3) is 0.538. The maximum Gasteiger partial charge on any atom is 0.269 e. The normalized spacial score (nSPS) is 21.2. The second-order valence-electron chi connectivity index (χ2n) is 4.84. The van der Waals surface area contributed by atoms with E-state index in [1.54, 1.807) is 12.1 Å². The Morgan fingerprint density at radius 2 is 2.11 bits per heavy atom. The molecule has 1 aromatic carbocycles. The van der Waals surface area contributed by atoms with Gasteiger partial charge in [-0.25, -0.2) is 0 Å². The maximum atomic E-state index is 10.6. The van der Waals surface area contributed by atoms with Crippen LogP contribution in [-0.2, 0) is 0 Å². The number of hydrogen-bond donors (Lipinski definition) is 1. The van der Waals surface area contributed by atoms with Gasteiger partial charge in [-0.1, -0.05) is 12.1 Å². The first kappa shape index (κ1) is 13.0. The first-order chi connectivity index (χ1) is 8.59. The Kier molecular flexibility index (Phi) is 3.93. The van der Waals surface area contributed by atoms with Crippen LogP contribution in [0.5, 0.6) is 0 Å². The summed E-state index contributed by atoms with van der Waals surface area (Å²) in [6.07, 6.45) is 1.16. The van der Waals surface area contributed by atoms with Gasteiger partial charge in [0.15, 0.2) is 0 Å². The average Bonchev–Trinajstić information content (AvgIpc) is 2.91. The minimum atomic E-state index is -0.362. The summed E-state index contributed by atoms with van der Waals surface area (Å²) in [7, 11) is 2.11. The average molecular weight is 249 g/mol. The van der Waals surface area contributed by atoms with E-state index in [2.05, 4.69) is 24.2 Å². The van der Waals surface area contributed by atoms with E-state index < -0.39 is 0 Å². The molecule has 2 unspecified atom stereocenters. The van der Waals surface area contributed by atoms with Gasteiger partial charge >= 0.3 is 0 Å². The quantitative estimate of drug-likeness (QED) is 0.654. The lowest BCUT2D eigenvalue weighted by Gasteiger charge is -2.30. The fourth-order valence-corrected chi connectivity index (χ4v) is 2.41. The zero-order valence-electron chi connectivity index (χ0n) is 10.8. The summed E-state index contributed by atoms with van der Waals surface area (Å²) in [5.74, 6) is 0. The molecule has 1 N–H and O–H groups in total. The van der Waals surface area contributed by atoms with E-state index in [1.807, 2.05) is 12.1 Å². The van der Waals surface area contributed by atoms with Gasteiger partial charge in [-0.15, -0.1) is 0 Å². The molecule has 1 saturated heterocycles. The molecule has 1 heterocycles. The van der Waals surface area contributed by atoms with Crippen molar-refractivity contribution in [1.29, 1.82) is 0 Å². The molecule has 0 aromatic heterocycles. The third kappa shape index (κ3) is 2.68. The molecule has 1 aliphatic heterocycles. The third-order valence-corrected chi connectivity index (χ3v) is 3.81. The predicted octanol–water partition coefficient (Wildman–Crippen LogP) is 1.95. The minimum Gasteiger partial charge on any atom is -0.315 e. The SMILES string of the molecule is CC(c1ccc([N+](=O)[O-])cc1)N(C)C1CCNC1. The Morgan fingerprint density at radius 1 is 1.44 bits per heavy atom.